The van der Waals surface area contributed by atoms with E-state index in [0.29, 0.717) is 56.7 Å². The van der Waals surface area contributed by atoms with Crippen LogP contribution in [0.2, 0.25) is 10.0 Å². The van der Waals surface area contributed by atoms with E-state index < -0.39 is 5.56 Å². The van der Waals surface area contributed by atoms with Crippen LogP contribution < -0.4 is 25.7 Å². The highest BCUT2D eigenvalue weighted by molar-refractivity contribution is 6.41. The molecule has 0 aliphatic carbocycles. The zero-order valence-electron chi connectivity index (χ0n) is 27.8. The van der Waals surface area contributed by atoms with Crippen LogP contribution in [0.4, 0.5) is 5.95 Å². The molecule has 3 atom stereocenters. The number of nitrogens with one attached hydrogen (secondary N) is 2. The first kappa shape index (κ1) is 35.9. The van der Waals surface area contributed by atoms with Crippen LogP contribution in [0.25, 0.3) is 22.2 Å². The molecule has 0 spiro atoms. The Hall–Kier alpha value is -4.35. The maximum Gasteiger partial charge on any atom is 0.298 e. The number of likely N-dealkylation sites (N-methyl/N-ethyl adjacent to an activating group) is 1. The first-order valence-corrected chi connectivity index (χ1v) is 16.6. The topological polar surface area (TPSA) is 140 Å². The molecule has 2 aliphatic rings. The van der Waals surface area contributed by atoms with Crippen LogP contribution in [0.1, 0.15) is 19.8 Å². The average Bonchev–Trinajstić information content (AvgIpc) is 3.09. The van der Waals surface area contributed by atoms with Crippen molar-refractivity contribution in [2.75, 3.05) is 59.4 Å². The molecule has 2 saturated heterocycles. The minimum absolute atomic E-state index is 0.143. The van der Waals surface area contributed by atoms with E-state index in [2.05, 4.69) is 38.9 Å². The van der Waals surface area contributed by atoms with Crippen molar-refractivity contribution in [1.82, 2.24) is 29.7 Å². The predicted octanol–water partition coefficient (Wildman–Crippen LogP) is 3.21. The summed E-state index contributed by atoms with van der Waals surface area (Å²) in [6, 6.07) is 2.39. The Balaban J connectivity index is 1.61. The van der Waals surface area contributed by atoms with E-state index in [9.17, 15) is 14.4 Å². The lowest BCUT2D eigenvalue weighted by atomic mass is 10.0. The minimum atomic E-state index is -0.413. The highest BCUT2D eigenvalue weighted by Gasteiger charge is 2.30. The molecule has 2 fully saturated rings. The number of hydrogen-bond donors (Lipinski definition) is 2. The molecule has 2 amide bonds. The smallest absolute Gasteiger partial charge is 0.298 e. The number of rotatable bonds is 10. The highest BCUT2D eigenvalue weighted by Crippen LogP contribution is 2.45. The number of piperazine rings is 1. The number of fused-ring (bicyclic) bond motifs is 1. The van der Waals surface area contributed by atoms with Crippen molar-refractivity contribution in [2.24, 2.45) is 0 Å². The number of amides is 2. The fourth-order valence-corrected chi connectivity index (χ4v) is 6.88. The Labute approximate surface area is 294 Å². The summed E-state index contributed by atoms with van der Waals surface area (Å²) in [6.07, 6.45) is 3.84. The van der Waals surface area contributed by atoms with E-state index in [0.717, 1.165) is 0 Å². The number of aryl methyl sites for hydroxylation is 1. The molecule has 260 valence electrons. The molecule has 2 aliphatic heterocycles. The SMILES string of the molecule is C=CC(=O)NC1CCOCC1Nc1ncc2cc(-c3c(Cl)c(OC)cc(OC)c3Cl)c(=O)n(CCC3CN(C)CCN3C(=O)C#CC)c2n1. The van der Waals surface area contributed by atoms with Gasteiger partial charge in [-0.2, -0.15) is 4.98 Å². The molecule has 5 rings (SSSR count). The molecule has 4 heterocycles. The summed E-state index contributed by atoms with van der Waals surface area (Å²) in [5, 5.41) is 7.04. The summed E-state index contributed by atoms with van der Waals surface area (Å²) >= 11 is 13.6. The largest absolute Gasteiger partial charge is 0.495 e. The molecule has 13 nitrogen and oxygen atoms in total. The highest BCUT2D eigenvalue weighted by atomic mass is 35.5. The molecule has 3 unspecified atom stereocenters. The number of pyridine rings is 1. The van der Waals surface area contributed by atoms with E-state index in [1.165, 1.54) is 20.3 Å². The zero-order valence-corrected chi connectivity index (χ0v) is 29.4. The lowest BCUT2D eigenvalue weighted by molar-refractivity contribution is -0.129. The summed E-state index contributed by atoms with van der Waals surface area (Å²) in [4.78, 5) is 52.8. The second-order valence-corrected chi connectivity index (χ2v) is 12.5. The van der Waals surface area contributed by atoms with Gasteiger partial charge in [-0.1, -0.05) is 35.7 Å². The first-order chi connectivity index (χ1) is 23.6. The van der Waals surface area contributed by atoms with Crippen LogP contribution in [-0.2, 0) is 20.9 Å². The van der Waals surface area contributed by atoms with E-state index >= 15 is 0 Å². The fraction of sp³-hybridized carbons (Fsp3) is 0.441. The van der Waals surface area contributed by atoms with Gasteiger partial charge in [-0.05, 0) is 44.9 Å². The van der Waals surface area contributed by atoms with Crippen molar-refractivity contribution in [1.29, 1.82) is 0 Å². The van der Waals surface area contributed by atoms with Gasteiger partial charge < -0.3 is 34.6 Å². The number of carbonyl (C=O) groups is 2. The Morgan fingerprint density at radius 3 is 2.57 bits per heavy atom. The second-order valence-electron chi connectivity index (χ2n) is 11.8. The Morgan fingerprint density at radius 1 is 1.16 bits per heavy atom. The summed E-state index contributed by atoms with van der Waals surface area (Å²) in [5.74, 6) is 5.61. The maximum absolute atomic E-state index is 14.5. The van der Waals surface area contributed by atoms with Gasteiger partial charge in [0.15, 0.2) is 0 Å². The van der Waals surface area contributed by atoms with Crippen LogP contribution >= 0.6 is 23.2 Å². The van der Waals surface area contributed by atoms with Crippen molar-refractivity contribution in [3.8, 4) is 34.5 Å². The molecule has 3 aromatic rings. The van der Waals surface area contributed by atoms with Gasteiger partial charge >= 0.3 is 0 Å². The molecule has 15 heteroatoms. The van der Waals surface area contributed by atoms with Crippen molar-refractivity contribution in [3.63, 3.8) is 0 Å². The molecule has 2 N–H and O–H groups in total. The van der Waals surface area contributed by atoms with Crippen LogP contribution in [0.15, 0.2) is 35.8 Å². The average molecular weight is 713 g/mol. The van der Waals surface area contributed by atoms with Gasteiger partial charge in [-0.15, -0.1) is 0 Å². The van der Waals surface area contributed by atoms with Crippen molar-refractivity contribution in [3.05, 3.63) is 51.4 Å². The van der Waals surface area contributed by atoms with Crippen LogP contribution in [0.5, 0.6) is 11.5 Å². The molecule has 49 heavy (non-hydrogen) atoms. The number of anilines is 1. The van der Waals surface area contributed by atoms with Crippen molar-refractivity contribution < 1.29 is 23.8 Å². The first-order valence-electron chi connectivity index (χ1n) is 15.8. The number of ether oxygens (including phenoxy) is 3. The molecular weight excluding hydrogens is 673 g/mol. The number of hydrogen-bond acceptors (Lipinski definition) is 10. The fourth-order valence-electron chi connectivity index (χ4n) is 6.18. The van der Waals surface area contributed by atoms with Crippen LogP contribution in [0.3, 0.4) is 0 Å². The third kappa shape index (κ3) is 7.78. The number of methoxy groups -OCH3 is 2. The van der Waals surface area contributed by atoms with E-state index in [-0.39, 0.29) is 75.1 Å². The van der Waals surface area contributed by atoms with Crippen LogP contribution in [-0.4, -0.2) is 108 Å². The molecular formula is C34H39Cl2N7O6. The van der Waals surface area contributed by atoms with Gasteiger partial charge in [0.05, 0.1) is 48.5 Å². The standard InChI is InChI=1S/C34H39Cl2N7O6/c1-6-8-28(45)42-13-12-41(3)18-21(42)9-11-43-32-20(15-22(33(43)46)29-30(35)25(47-4)16-26(48-5)31(29)36)17-37-34(40-32)39-24-19-49-14-10-23(24)38-27(44)7-2/h7,15-17,21,23-24H,2,9-14,18-19H2,1,3-5H3,(H,38,44)(H,37,39,40). The van der Waals surface area contributed by atoms with Crippen molar-refractivity contribution in [2.45, 2.75) is 44.4 Å². The summed E-state index contributed by atoms with van der Waals surface area (Å²) in [5.41, 5.74) is 0.383. The Kier molecular flexibility index (Phi) is 11.7. The third-order valence-electron chi connectivity index (χ3n) is 8.72. The normalized spacial score (nSPS) is 19.5. The second kappa shape index (κ2) is 15.9. The Morgan fingerprint density at radius 2 is 1.90 bits per heavy atom. The minimum Gasteiger partial charge on any atom is -0.495 e. The lowest BCUT2D eigenvalue weighted by Crippen LogP contribution is -2.54. The lowest BCUT2D eigenvalue weighted by Gasteiger charge is -2.39. The van der Waals surface area contributed by atoms with Gasteiger partial charge in [0, 0.05) is 62.0 Å². The number of carbonyl (C=O) groups excluding carboxylic acids is 2. The molecule has 2 aromatic heterocycles. The van der Waals surface area contributed by atoms with E-state index in [4.69, 9.17) is 42.4 Å². The van der Waals surface area contributed by atoms with Gasteiger partial charge in [0.2, 0.25) is 11.9 Å². The molecule has 0 bridgehead atoms. The number of halogens is 2. The zero-order chi connectivity index (χ0) is 35.2. The summed E-state index contributed by atoms with van der Waals surface area (Å²) in [7, 11) is 4.91. The third-order valence-corrected chi connectivity index (χ3v) is 9.47. The summed E-state index contributed by atoms with van der Waals surface area (Å²) in [6.45, 7) is 8.00. The molecule has 1 aromatic carbocycles. The van der Waals surface area contributed by atoms with E-state index in [1.807, 2.05) is 7.05 Å². The predicted molar refractivity (Wildman–Crippen MR) is 188 cm³/mol. The van der Waals surface area contributed by atoms with Gasteiger partial charge in [0.25, 0.3) is 11.5 Å². The van der Waals surface area contributed by atoms with Gasteiger partial charge in [-0.3, -0.25) is 19.0 Å². The number of benzene rings is 1. The van der Waals surface area contributed by atoms with Crippen LogP contribution in [0, 0.1) is 11.8 Å². The maximum atomic E-state index is 14.5. The van der Waals surface area contributed by atoms with Crippen molar-refractivity contribution >= 4 is 52.0 Å². The summed E-state index contributed by atoms with van der Waals surface area (Å²) < 4.78 is 18.2. The number of nitrogens with zero attached hydrogens (tertiary/aromatic N) is 5. The van der Waals surface area contributed by atoms with Gasteiger partial charge in [0.1, 0.15) is 17.1 Å². The van der Waals surface area contributed by atoms with E-state index in [1.54, 1.807) is 34.7 Å². The quantitative estimate of drug-likeness (QED) is 0.238. The molecule has 0 saturated carbocycles. The molecule has 0 radical (unpaired) electrons. The number of aromatic nitrogens is 3. The monoisotopic (exact) mass is 711 g/mol. The Bertz CT molecular complexity index is 1850. The van der Waals surface area contributed by atoms with Gasteiger partial charge in [-0.25, -0.2) is 4.98 Å².